The largest absolute Gasteiger partial charge is 0.358 e. The van der Waals surface area contributed by atoms with E-state index in [2.05, 4.69) is 21.6 Å². The van der Waals surface area contributed by atoms with E-state index in [1.54, 1.807) is 33.8 Å². The molecule has 1 aliphatic heterocycles. The predicted octanol–water partition coefficient (Wildman–Crippen LogP) is 3.64. The summed E-state index contributed by atoms with van der Waals surface area (Å²) in [6.45, 7) is 10.6. The molecule has 12 heteroatoms. The first kappa shape index (κ1) is 25.5. The van der Waals surface area contributed by atoms with Gasteiger partial charge >= 0.3 is 5.69 Å². The minimum absolute atomic E-state index is 0.108. The Morgan fingerprint density at radius 2 is 2.00 bits per heavy atom. The lowest BCUT2D eigenvalue weighted by Gasteiger charge is -2.40. The highest BCUT2D eigenvalue weighted by Crippen LogP contribution is 2.35. The molecule has 0 radical (unpaired) electrons. The monoisotopic (exact) mass is 536 g/mol. The number of pyridine rings is 1. The summed E-state index contributed by atoms with van der Waals surface area (Å²) in [5.41, 5.74) is -0.0116. The van der Waals surface area contributed by atoms with Crippen LogP contribution < -0.4 is 10.6 Å². The number of hydrogen-bond acceptors (Lipinski definition) is 7. The number of fused-ring (bicyclic) bond motifs is 1. The number of amides is 1. The summed E-state index contributed by atoms with van der Waals surface area (Å²) in [7, 11) is 0. The maximum absolute atomic E-state index is 14.8. The normalized spacial score (nSPS) is 15.9. The molecule has 1 saturated heterocycles. The van der Waals surface area contributed by atoms with Crippen LogP contribution in [-0.2, 0) is 4.79 Å². The first-order chi connectivity index (χ1) is 18.2. The molecular formula is C26H26ClFN8O2. The smallest absolute Gasteiger partial charge is 0.350 e. The Kier molecular flexibility index (Phi) is 6.70. The molecule has 0 bridgehead atoms. The van der Waals surface area contributed by atoms with Crippen molar-refractivity contribution in [3.05, 3.63) is 70.6 Å². The SMILES string of the molecule is C=CC(=O)N1CCN(c2nc(=O)n(-c3ncnn3C(C)C)c3nc(-c4ccccc4F)c(Cl)cc23)[C@@H](C)C1. The average molecular weight is 537 g/mol. The minimum atomic E-state index is -0.617. The van der Waals surface area contributed by atoms with Crippen molar-refractivity contribution in [1.82, 2.24) is 34.2 Å². The molecule has 0 spiro atoms. The fraction of sp³-hybridized carbons (Fsp3) is 0.308. The maximum atomic E-state index is 14.8. The predicted molar refractivity (Wildman–Crippen MR) is 143 cm³/mol. The van der Waals surface area contributed by atoms with Crippen LogP contribution in [0.4, 0.5) is 10.2 Å². The van der Waals surface area contributed by atoms with Crippen molar-refractivity contribution < 1.29 is 9.18 Å². The number of benzene rings is 1. The fourth-order valence-electron chi connectivity index (χ4n) is 4.72. The first-order valence-corrected chi connectivity index (χ1v) is 12.5. The lowest BCUT2D eigenvalue weighted by atomic mass is 10.1. The first-order valence-electron chi connectivity index (χ1n) is 12.2. The van der Waals surface area contributed by atoms with Crippen LogP contribution in [0.2, 0.25) is 5.02 Å². The molecule has 1 atom stereocenters. The molecule has 10 nitrogen and oxygen atoms in total. The molecule has 1 amide bonds. The van der Waals surface area contributed by atoms with Crippen molar-refractivity contribution in [2.75, 3.05) is 24.5 Å². The van der Waals surface area contributed by atoms with E-state index in [4.69, 9.17) is 16.6 Å². The van der Waals surface area contributed by atoms with Crippen LogP contribution in [0.3, 0.4) is 0 Å². The van der Waals surface area contributed by atoms with Crippen molar-refractivity contribution in [2.24, 2.45) is 0 Å². The second kappa shape index (κ2) is 9.97. The van der Waals surface area contributed by atoms with E-state index in [1.807, 2.05) is 25.7 Å². The van der Waals surface area contributed by atoms with Crippen LogP contribution in [0.1, 0.15) is 26.8 Å². The standard InChI is InChI=1S/C26H26ClFN8O2/c1-5-21(37)33-10-11-34(16(4)13-33)23-18-12-19(27)22(17-8-6-7-9-20(17)28)31-24(18)35(26(38)32-23)25-29-14-30-36(25)15(2)3/h5-9,12,14-16H,1,10-11,13H2,2-4H3/t16-/m0/s1. The van der Waals surface area contributed by atoms with Gasteiger partial charge in [-0.2, -0.15) is 15.1 Å². The van der Waals surface area contributed by atoms with Gasteiger partial charge in [0.2, 0.25) is 11.9 Å². The van der Waals surface area contributed by atoms with Crippen molar-refractivity contribution in [3.63, 3.8) is 0 Å². The molecule has 196 valence electrons. The number of carbonyl (C=O) groups is 1. The average Bonchev–Trinajstić information content (AvgIpc) is 3.38. The molecular weight excluding hydrogens is 511 g/mol. The highest BCUT2D eigenvalue weighted by Gasteiger charge is 2.30. The summed E-state index contributed by atoms with van der Waals surface area (Å²) in [4.78, 5) is 42.9. The molecule has 4 heterocycles. The number of aromatic nitrogens is 6. The van der Waals surface area contributed by atoms with Gasteiger partial charge in [-0.15, -0.1) is 0 Å². The van der Waals surface area contributed by atoms with E-state index in [0.717, 1.165) is 0 Å². The molecule has 5 rings (SSSR count). The second-order valence-electron chi connectivity index (χ2n) is 9.35. The number of hydrogen-bond donors (Lipinski definition) is 0. The summed E-state index contributed by atoms with van der Waals surface area (Å²) in [5.74, 6) is -0.0363. The zero-order chi connectivity index (χ0) is 27.1. The molecule has 1 aromatic carbocycles. The quantitative estimate of drug-likeness (QED) is 0.359. The van der Waals surface area contributed by atoms with E-state index < -0.39 is 11.5 Å². The van der Waals surface area contributed by atoms with E-state index in [1.165, 1.54) is 23.0 Å². The molecule has 0 unspecified atom stereocenters. The third-order valence-corrected chi connectivity index (χ3v) is 6.85. The number of halogens is 2. The van der Waals surface area contributed by atoms with E-state index in [9.17, 15) is 14.0 Å². The summed E-state index contributed by atoms with van der Waals surface area (Å²) < 4.78 is 17.6. The highest BCUT2D eigenvalue weighted by atomic mass is 35.5. The lowest BCUT2D eigenvalue weighted by molar-refractivity contribution is -0.126. The molecule has 0 N–H and O–H groups in total. The molecule has 4 aromatic rings. The number of nitrogens with zero attached hydrogens (tertiary/aromatic N) is 8. The van der Waals surface area contributed by atoms with Crippen LogP contribution in [0, 0.1) is 5.82 Å². The van der Waals surface area contributed by atoms with E-state index >= 15 is 0 Å². The van der Waals surface area contributed by atoms with Gasteiger partial charge in [0.25, 0.3) is 0 Å². The summed E-state index contributed by atoms with van der Waals surface area (Å²) in [6.07, 6.45) is 2.64. The lowest BCUT2D eigenvalue weighted by Crippen LogP contribution is -2.54. The van der Waals surface area contributed by atoms with Gasteiger partial charge in [-0.1, -0.05) is 30.3 Å². The van der Waals surface area contributed by atoms with Gasteiger partial charge in [0.1, 0.15) is 18.0 Å². The van der Waals surface area contributed by atoms with Gasteiger partial charge in [-0.3, -0.25) is 4.79 Å². The van der Waals surface area contributed by atoms with Crippen molar-refractivity contribution in [1.29, 1.82) is 0 Å². The fourth-order valence-corrected chi connectivity index (χ4v) is 4.97. The van der Waals surface area contributed by atoms with Crippen LogP contribution in [0.25, 0.3) is 28.2 Å². The van der Waals surface area contributed by atoms with Gasteiger partial charge in [0.05, 0.1) is 22.1 Å². The van der Waals surface area contributed by atoms with Crippen LogP contribution in [-0.4, -0.2) is 65.8 Å². The summed E-state index contributed by atoms with van der Waals surface area (Å²) in [6, 6.07) is 7.54. The molecule has 3 aromatic heterocycles. The third-order valence-electron chi connectivity index (χ3n) is 6.56. The Labute approximate surface area is 223 Å². The van der Waals surface area contributed by atoms with Crippen molar-refractivity contribution in [3.8, 4) is 17.2 Å². The molecule has 38 heavy (non-hydrogen) atoms. The third kappa shape index (κ3) is 4.32. The van der Waals surface area contributed by atoms with Gasteiger partial charge in [-0.05, 0) is 45.0 Å². The Balaban J connectivity index is 1.76. The number of rotatable bonds is 5. The second-order valence-corrected chi connectivity index (χ2v) is 9.76. The van der Waals surface area contributed by atoms with Crippen LogP contribution in [0.15, 0.2) is 54.1 Å². The number of carbonyl (C=O) groups excluding carboxylic acids is 1. The topological polar surface area (TPSA) is 102 Å². The Morgan fingerprint density at radius 1 is 1.24 bits per heavy atom. The van der Waals surface area contributed by atoms with E-state index in [-0.39, 0.29) is 45.9 Å². The van der Waals surface area contributed by atoms with Gasteiger partial charge in [-0.25, -0.2) is 23.4 Å². The summed E-state index contributed by atoms with van der Waals surface area (Å²) in [5, 5.41) is 4.95. The maximum Gasteiger partial charge on any atom is 0.358 e. The minimum Gasteiger partial charge on any atom is -0.350 e. The number of piperazine rings is 1. The molecule has 0 saturated carbocycles. The highest BCUT2D eigenvalue weighted by molar-refractivity contribution is 6.33. The zero-order valence-electron chi connectivity index (χ0n) is 21.2. The number of anilines is 1. The Morgan fingerprint density at radius 3 is 2.68 bits per heavy atom. The van der Waals surface area contributed by atoms with E-state index in [0.29, 0.717) is 30.8 Å². The molecule has 0 aliphatic carbocycles. The van der Waals surface area contributed by atoms with Gasteiger partial charge in [0, 0.05) is 31.2 Å². The molecule has 1 aliphatic rings. The Hall–Kier alpha value is -4.12. The van der Waals surface area contributed by atoms with Crippen molar-refractivity contribution >= 4 is 34.4 Å². The van der Waals surface area contributed by atoms with Crippen molar-refractivity contribution in [2.45, 2.75) is 32.9 Å². The van der Waals surface area contributed by atoms with Crippen LogP contribution >= 0.6 is 11.6 Å². The molecule has 1 fully saturated rings. The van der Waals surface area contributed by atoms with Crippen LogP contribution in [0.5, 0.6) is 0 Å². The van der Waals surface area contributed by atoms with Gasteiger partial charge in [0.15, 0.2) is 5.65 Å². The Bertz CT molecular complexity index is 1610. The summed E-state index contributed by atoms with van der Waals surface area (Å²) >= 11 is 6.68. The zero-order valence-corrected chi connectivity index (χ0v) is 21.9. The van der Waals surface area contributed by atoms with Gasteiger partial charge < -0.3 is 9.80 Å².